The zero-order valence-corrected chi connectivity index (χ0v) is 20.4. The van der Waals surface area contributed by atoms with Crippen molar-refractivity contribution in [2.24, 2.45) is 0 Å². The van der Waals surface area contributed by atoms with Crippen LogP contribution in [0.1, 0.15) is 38.3 Å². The summed E-state index contributed by atoms with van der Waals surface area (Å²) in [5.41, 5.74) is 1.91. The van der Waals surface area contributed by atoms with E-state index in [0.717, 1.165) is 27.8 Å². The van der Waals surface area contributed by atoms with Crippen molar-refractivity contribution in [1.82, 2.24) is 10.2 Å². The Morgan fingerprint density at radius 3 is 2.32 bits per heavy atom. The first-order chi connectivity index (χ1) is 14.7. The van der Waals surface area contributed by atoms with Gasteiger partial charge in [-0.15, -0.1) is 0 Å². The Kier molecular flexibility index (Phi) is 9.37. The van der Waals surface area contributed by atoms with Gasteiger partial charge in [0.15, 0.2) is 6.61 Å². The maximum Gasteiger partial charge on any atom is 0.261 e. The van der Waals surface area contributed by atoms with Crippen molar-refractivity contribution < 1.29 is 19.1 Å². The van der Waals surface area contributed by atoms with Crippen molar-refractivity contribution in [3.8, 4) is 11.5 Å². The minimum atomic E-state index is -0.640. The predicted octanol–water partition coefficient (Wildman–Crippen LogP) is 4.48. The lowest BCUT2D eigenvalue weighted by Gasteiger charge is -2.29. The second kappa shape index (κ2) is 11.7. The summed E-state index contributed by atoms with van der Waals surface area (Å²) in [6.07, 6.45) is 0.816. The molecule has 2 aromatic carbocycles. The molecule has 2 rings (SSSR count). The molecule has 0 unspecified atom stereocenters. The van der Waals surface area contributed by atoms with Gasteiger partial charge in [0.25, 0.3) is 5.91 Å². The van der Waals surface area contributed by atoms with Gasteiger partial charge >= 0.3 is 0 Å². The van der Waals surface area contributed by atoms with Gasteiger partial charge in [-0.3, -0.25) is 9.59 Å². The Balaban J connectivity index is 2.16. The second-order valence-electron chi connectivity index (χ2n) is 7.56. The van der Waals surface area contributed by atoms with Crippen molar-refractivity contribution in [3.63, 3.8) is 0 Å². The van der Waals surface area contributed by atoms with Gasteiger partial charge in [-0.05, 0) is 68.7 Å². The van der Waals surface area contributed by atoms with E-state index in [9.17, 15) is 9.59 Å². The van der Waals surface area contributed by atoms with Gasteiger partial charge in [0.2, 0.25) is 5.91 Å². The first-order valence-electron chi connectivity index (χ1n) is 10.4. The molecule has 6 nitrogen and oxygen atoms in total. The Morgan fingerprint density at radius 2 is 1.74 bits per heavy atom. The third-order valence-corrected chi connectivity index (χ3v) is 6.06. The number of ether oxygens (including phenoxy) is 2. The number of hydrogen-bond acceptors (Lipinski definition) is 4. The summed E-state index contributed by atoms with van der Waals surface area (Å²) >= 11 is 3.46. The number of amides is 2. The monoisotopic (exact) mass is 490 g/mol. The topological polar surface area (TPSA) is 67.9 Å². The number of hydrogen-bond donors (Lipinski definition) is 1. The molecule has 2 atom stereocenters. The SMILES string of the molecule is CC[C@@H](C)NC(=O)[C@H](C)N(Cc1ccc(OC)cc1)C(=O)COc1ccc(Br)c(C)c1. The summed E-state index contributed by atoms with van der Waals surface area (Å²) in [6.45, 7) is 7.78. The smallest absolute Gasteiger partial charge is 0.261 e. The number of rotatable bonds is 10. The summed E-state index contributed by atoms with van der Waals surface area (Å²) in [7, 11) is 1.60. The molecule has 0 bridgehead atoms. The Labute approximate surface area is 193 Å². The van der Waals surface area contributed by atoms with E-state index in [1.807, 2.05) is 57.2 Å². The van der Waals surface area contributed by atoms with Gasteiger partial charge in [-0.1, -0.05) is 35.0 Å². The summed E-state index contributed by atoms with van der Waals surface area (Å²) < 4.78 is 11.9. The van der Waals surface area contributed by atoms with Gasteiger partial charge in [0.1, 0.15) is 17.5 Å². The fourth-order valence-corrected chi connectivity index (χ4v) is 3.16. The Morgan fingerprint density at radius 1 is 1.10 bits per heavy atom. The zero-order chi connectivity index (χ0) is 23.0. The molecule has 0 aliphatic rings. The van der Waals surface area contributed by atoms with E-state index in [-0.39, 0.29) is 24.5 Å². The number of methoxy groups -OCH3 is 1. The first-order valence-corrected chi connectivity index (χ1v) is 11.2. The summed E-state index contributed by atoms with van der Waals surface area (Å²) in [6, 6.07) is 12.4. The van der Waals surface area contributed by atoms with Crippen molar-refractivity contribution in [3.05, 3.63) is 58.1 Å². The molecule has 0 aromatic heterocycles. The van der Waals surface area contributed by atoms with Crippen LogP contribution in [0.2, 0.25) is 0 Å². The highest BCUT2D eigenvalue weighted by atomic mass is 79.9. The van der Waals surface area contributed by atoms with Gasteiger partial charge < -0.3 is 19.7 Å². The number of aryl methyl sites for hydroxylation is 1. The number of benzene rings is 2. The lowest BCUT2D eigenvalue weighted by atomic mass is 10.1. The van der Waals surface area contributed by atoms with Crippen LogP contribution in [-0.2, 0) is 16.1 Å². The Hall–Kier alpha value is -2.54. The second-order valence-corrected chi connectivity index (χ2v) is 8.42. The van der Waals surface area contributed by atoms with E-state index in [1.165, 1.54) is 0 Å². The highest BCUT2D eigenvalue weighted by Gasteiger charge is 2.27. The van der Waals surface area contributed by atoms with E-state index in [1.54, 1.807) is 25.0 Å². The van der Waals surface area contributed by atoms with Gasteiger partial charge in [-0.25, -0.2) is 0 Å². The molecule has 2 amide bonds. The minimum Gasteiger partial charge on any atom is -0.497 e. The normalized spacial score (nSPS) is 12.6. The van der Waals surface area contributed by atoms with Gasteiger partial charge in [0, 0.05) is 17.1 Å². The average molecular weight is 491 g/mol. The molecule has 0 aliphatic carbocycles. The molecular formula is C24H31BrN2O4. The van der Waals surface area contributed by atoms with Crippen LogP contribution in [0.5, 0.6) is 11.5 Å². The van der Waals surface area contributed by atoms with Crippen LogP contribution in [0.25, 0.3) is 0 Å². The van der Waals surface area contributed by atoms with Crippen molar-refractivity contribution >= 4 is 27.7 Å². The average Bonchev–Trinajstić information content (AvgIpc) is 2.77. The fourth-order valence-electron chi connectivity index (χ4n) is 2.91. The van der Waals surface area contributed by atoms with E-state index in [2.05, 4.69) is 21.2 Å². The van der Waals surface area contributed by atoms with Crippen LogP contribution < -0.4 is 14.8 Å². The largest absolute Gasteiger partial charge is 0.497 e. The molecule has 0 saturated heterocycles. The van der Waals surface area contributed by atoms with Crippen LogP contribution in [0.3, 0.4) is 0 Å². The van der Waals surface area contributed by atoms with Crippen LogP contribution in [0.4, 0.5) is 0 Å². The van der Waals surface area contributed by atoms with E-state index in [0.29, 0.717) is 12.3 Å². The lowest BCUT2D eigenvalue weighted by molar-refractivity contribution is -0.142. The first kappa shape index (κ1) is 24.7. The van der Waals surface area contributed by atoms with Crippen molar-refractivity contribution in [2.75, 3.05) is 13.7 Å². The number of carbonyl (C=O) groups excluding carboxylic acids is 2. The molecule has 168 valence electrons. The molecule has 0 heterocycles. The van der Waals surface area contributed by atoms with Crippen LogP contribution in [0.15, 0.2) is 46.9 Å². The quantitative estimate of drug-likeness (QED) is 0.533. The standard InChI is InChI=1S/C24H31BrN2O4/c1-6-17(3)26-24(29)18(4)27(14-19-7-9-20(30-5)10-8-19)23(28)15-31-21-11-12-22(25)16(2)13-21/h7-13,17-18H,6,14-15H2,1-5H3,(H,26,29)/t17-,18+/m1/s1. The molecule has 0 aliphatic heterocycles. The molecule has 2 aromatic rings. The molecule has 31 heavy (non-hydrogen) atoms. The highest BCUT2D eigenvalue weighted by Crippen LogP contribution is 2.22. The minimum absolute atomic E-state index is 0.0369. The van der Waals surface area contributed by atoms with Crippen molar-refractivity contribution in [1.29, 1.82) is 0 Å². The third-order valence-electron chi connectivity index (χ3n) is 5.17. The van der Waals surface area contributed by atoms with E-state index in [4.69, 9.17) is 9.47 Å². The maximum atomic E-state index is 13.1. The molecule has 0 spiro atoms. The Bertz CT molecular complexity index is 886. The molecule has 0 saturated carbocycles. The molecule has 0 radical (unpaired) electrons. The summed E-state index contributed by atoms with van der Waals surface area (Å²) in [4.78, 5) is 27.4. The zero-order valence-electron chi connectivity index (χ0n) is 18.8. The number of nitrogens with one attached hydrogen (secondary N) is 1. The van der Waals surface area contributed by atoms with Gasteiger partial charge in [-0.2, -0.15) is 0 Å². The van der Waals surface area contributed by atoms with E-state index >= 15 is 0 Å². The third kappa shape index (κ3) is 7.28. The van der Waals surface area contributed by atoms with Crippen molar-refractivity contribution in [2.45, 2.75) is 52.7 Å². The predicted molar refractivity (Wildman–Crippen MR) is 125 cm³/mol. The number of halogens is 1. The highest BCUT2D eigenvalue weighted by molar-refractivity contribution is 9.10. The van der Waals surface area contributed by atoms with Crippen LogP contribution in [0, 0.1) is 6.92 Å². The van der Waals surface area contributed by atoms with Crippen LogP contribution in [-0.4, -0.2) is 42.5 Å². The summed E-state index contributed by atoms with van der Waals surface area (Å²) in [5, 5.41) is 2.96. The number of carbonyl (C=O) groups is 2. The van der Waals surface area contributed by atoms with Gasteiger partial charge in [0.05, 0.1) is 7.11 Å². The molecule has 7 heteroatoms. The maximum absolute atomic E-state index is 13.1. The fraction of sp³-hybridized carbons (Fsp3) is 0.417. The molecule has 1 N–H and O–H groups in total. The summed E-state index contributed by atoms with van der Waals surface area (Å²) in [5.74, 6) is 0.896. The van der Waals surface area contributed by atoms with E-state index < -0.39 is 6.04 Å². The molecule has 0 fully saturated rings. The lowest BCUT2D eigenvalue weighted by Crippen LogP contribution is -2.50. The number of nitrogens with zero attached hydrogens (tertiary/aromatic N) is 1. The molecular weight excluding hydrogens is 460 g/mol. The van der Waals surface area contributed by atoms with Crippen LogP contribution >= 0.6 is 15.9 Å².